The summed E-state index contributed by atoms with van der Waals surface area (Å²) in [6, 6.07) is 2.21. The van der Waals surface area contributed by atoms with E-state index in [0.29, 0.717) is 62.6 Å². The molecule has 2 amide bonds. The van der Waals surface area contributed by atoms with Crippen LogP contribution in [0.15, 0.2) is 47.8 Å². The number of hydrogen-bond donors (Lipinski definition) is 3. The molecule has 4 heterocycles. The summed E-state index contributed by atoms with van der Waals surface area (Å²) >= 11 is 0. The zero-order valence-electron chi connectivity index (χ0n) is 40.4. The molecule has 0 spiro atoms. The number of cyclic esters (lactones) is 1. The van der Waals surface area contributed by atoms with Crippen molar-refractivity contribution in [3.8, 4) is 0 Å². The minimum absolute atomic E-state index is 0.0171. The van der Waals surface area contributed by atoms with Crippen LogP contribution in [0.4, 0.5) is 5.69 Å². The van der Waals surface area contributed by atoms with Gasteiger partial charge in [-0.1, -0.05) is 45.4 Å². The van der Waals surface area contributed by atoms with Gasteiger partial charge in [0.15, 0.2) is 0 Å². The standard InChI is InChI=1S/C50H75N3O13/c1-10-35-22-29(2)21-30(3)23-42(62-8)46-43(63-9)25-32(5)50(60,66-46)47(57)48(58)53-20-12-11-13-37(53)49(59)65-45(33(6)38(54)27-39(35)55)31(4)24-34-14-15-40(41(26-34)61-7)64-28-44(56)52-36-16-18-51-19-17-36/h16-19,22,24,30,32-35,37-38,40-43,45-46,54,60H,10-15,20-21,23,25-28H2,1-9H3,(H,51,52,56)/b29-22+,31-24+/t30-,32+,33+,34?,35+,37-,38-,40+,41+,42-,43-,45+,46+,50+/m0/s1. The summed E-state index contributed by atoms with van der Waals surface area (Å²) in [5.74, 6) is -8.06. The van der Waals surface area contributed by atoms with Gasteiger partial charge in [-0.2, -0.15) is 0 Å². The van der Waals surface area contributed by atoms with Gasteiger partial charge in [0.2, 0.25) is 11.7 Å². The van der Waals surface area contributed by atoms with Crippen molar-refractivity contribution in [2.75, 3.05) is 39.8 Å². The van der Waals surface area contributed by atoms with Crippen LogP contribution in [0, 0.1) is 29.6 Å². The number of piperidine rings is 1. The van der Waals surface area contributed by atoms with Crippen molar-refractivity contribution >= 4 is 35.0 Å². The number of hydrogen-bond acceptors (Lipinski definition) is 14. The van der Waals surface area contributed by atoms with Gasteiger partial charge in [0, 0.05) is 70.1 Å². The van der Waals surface area contributed by atoms with Gasteiger partial charge in [-0.15, -0.1) is 0 Å². The van der Waals surface area contributed by atoms with Crippen molar-refractivity contribution in [3.63, 3.8) is 0 Å². The number of anilines is 1. The number of aliphatic hydroxyl groups is 2. The molecule has 5 rings (SSSR count). The number of pyridine rings is 1. The van der Waals surface area contributed by atoms with Gasteiger partial charge in [-0.3, -0.25) is 24.2 Å². The van der Waals surface area contributed by atoms with E-state index in [-0.39, 0.29) is 68.1 Å². The van der Waals surface area contributed by atoms with Crippen LogP contribution in [0.25, 0.3) is 0 Å². The molecule has 0 aromatic carbocycles. The Bertz CT molecular complexity index is 1880. The van der Waals surface area contributed by atoms with E-state index in [0.717, 1.165) is 5.57 Å². The van der Waals surface area contributed by atoms with Crippen molar-refractivity contribution in [3.05, 3.63) is 47.8 Å². The van der Waals surface area contributed by atoms with E-state index in [9.17, 15) is 34.2 Å². The maximum Gasteiger partial charge on any atom is 0.329 e. The van der Waals surface area contributed by atoms with E-state index in [2.05, 4.69) is 10.3 Å². The van der Waals surface area contributed by atoms with Crippen molar-refractivity contribution in [2.45, 2.75) is 167 Å². The molecule has 16 heteroatoms. The number of carbonyl (C=O) groups is 5. The normalized spacial score (nSPS) is 36.9. The lowest BCUT2D eigenvalue weighted by atomic mass is 9.81. The highest BCUT2D eigenvalue weighted by molar-refractivity contribution is 6.39. The number of carbonyl (C=O) groups excluding carboxylic acids is 5. The number of esters is 1. The summed E-state index contributed by atoms with van der Waals surface area (Å²) < 4.78 is 36.3. The second kappa shape index (κ2) is 24.4. The molecule has 3 N–H and O–H groups in total. The minimum atomic E-state index is -2.52. The van der Waals surface area contributed by atoms with Crippen LogP contribution in [-0.2, 0) is 52.4 Å². The molecule has 1 unspecified atom stereocenters. The number of ketones is 2. The molecular weight excluding hydrogens is 851 g/mol. The molecule has 368 valence electrons. The summed E-state index contributed by atoms with van der Waals surface area (Å²) in [5.41, 5.74) is 2.24. The van der Waals surface area contributed by atoms with Gasteiger partial charge >= 0.3 is 5.97 Å². The first-order chi connectivity index (χ1) is 31.4. The largest absolute Gasteiger partial charge is 0.456 e. The first kappa shape index (κ1) is 53.1. The van der Waals surface area contributed by atoms with Gasteiger partial charge < -0.3 is 48.9 Å². The topological polar surface area (TPSA) is 209 Å². The Kier molecular flexibility index (Phi) is 19.6. The van der Waals surface area contributed by atoms with Crippen molar-refractivity contribution in [1.29, 1.82) is 0 Å². The highest BCUT2D eigenvalue weighted by Crippen LogP contribution is 2.39. The molecular formula is C50H75N3O13. The summed E-state index contributed by atoms with van der Waals surface area (Å²) in [6.45, 7) is 11.1. The minimum Gasteiger partial charge on any atom is -0.456 e. The lowest BCUT2D eigenvalue weighted by Crippen LogP contribution is -2.64. The highest BCUT2D eigenvalue weighted by atomic mass is 16.7. The maximum atomic E-state index is 14.5. The smallest absolute Gasteiger partial charge is 0.329 e. The number of fused-ring (bicyclic) bond motifs is 3. The zero-order chi connectivity index (χ0) is 48.3. The van der Waals surface area contributed by atoms with E-state index in [1.165, 1.54) is 19.1 Å². The fourth-order valence-corrected chi connectivity index (χ4v) is 10.4. The van der Waals surface area contributed by atoms with Gasteiger partial charge in [0.25, 0.3) is 11.7 Å². The first-order valence-corrected chi connectivity index (χ1v) is 23.9. The number of amides is 2. The zero-order valence-corrected chi connectivity index (χ0v) is 40.4. The van der Waals surface area contributed by atoms with Crippen LogP contribution in [0.1, 0.15) is 112 Å². The molecule has 2 bridgehead atoms. The van der Waals surface area contributed by atoms with E-state index in [4.69, 9.17) is 28.4 Å². The Balaban J connectivity index is 1.44. The van der Waals surface area contributed by atoms with Crippen LogP contribution in [0.2, 0.25) is 0 Å². The third-order valence-electron chi connectivity index (χ3n) is 14.3. The van der Waals surface area contributed by atoms with E-state index in [1.54, 1.807) is 45.5 Å². The number of aliphatic hydroxyl groups excluding tert-OH is 1. The first-order valence-electron chi connectivity index (χ1n) is 23.9. The number of Topliss-reactive ketones (excluding diaryl/α,β-unsaturated/α-hetero) is 2. The number of methoxy groups -OCH3 is 3. The molecule has 2 saturated heterocycles. The number of rotatable bonds is 10. The van der Waals surface area contributed by atoms with Crippen LogP contribution in [0.3, 0.4) is 0 Å². The molecule has 16 nitrogen and oxygen atoms in total. The predicted molar refractivity (Wildman–Crippen MR) is 245 cm³/mol. The van der Waals surface area contributed by atoms with E-state index >= 15 is 0 Å². The molecule has 1 aromatic heterocycles. The number of aromatic nitrogens is 1. The summed E-state index contributed by atoms with van der Waals surface area (Å²) in [5, 5.41) is 26.7. The van der Waals surface area contributed by atoms with Crippen molar-refractivity contribution in [2.24, 2.45) is 29.6 Å². The quantitative estimate of drug-likeness (QED) is 0.150. The number of ether oxygens (including phenoxy) is 6. The number of nitrogens with one attached hydrogen (secondary N) is 1. The molecule has 1 aromatic rings. The highest BCUT2D eigenvalue weighted by Gasteiger charge is 2.56. The molecule has 14 atom stereocenters. The monoisotopic (exact) mass is 926 g/mol. The Morgan fingerprint density at radius 1 is 0.939 bits per heavy atom. The van der Waals surface area contributed by atoms with Crippen LogP contribution < -0.4 is 5.32 Å². The van der Waals surface area contributed by atoms with E-state index in [1.807, 2.05) is 39.8 Å². The van der Waals surface area contributed by atoms with Crippen LogP contribution >= 0.6 is 0 Å². The lowest BCUT2D eigenvalue weighted by Gasteiger charge is -2.47. The Morgan fingerprint density at radius 2 is 1.62 bits per heavy atom. The summed E-state index contributed by atoms with van der Waals surface area (Å²) in [4.78, 5) is 74.9. The average molecular weight is 926 g/mol. The number of allylic oxidation sites excluding steroid dienone is 3. The van der Waals surface area contributed by atoms with Crippen LogP contribution in [-0.4, -0.2) is 138 Å². The summed E-state index contributed by atoms with van der Waals surface area (Å²) in [7, 11) is 4.65. The van der Waals surface area contributed by atoms with Gasteiger partial charge in [0.05, 0.1) is 30.5 Å². The molecule has 1 saturated carbocycles. The molecule has 0 radical (unpaired) electrons. The maximum absolute atomic E-state index is 14.5. The van der Waals surface area contributed by atoms with Gasteiger partial charge in [-0.25, -0.2) is 4.79 Å². The fourth-order valence-electron chi connectivity index (χ4n) is 10.4. The molecule has 4 aliphatic rings. The fraction of sp³-hybridized carbons (Fsp3) is 0.720. The SMILES string of the molecule is CC[C@@H]1/C=C(\C)C[C@H](C)C[C@H](OC)[C@H]2O[C@@](O)(C(=O)C(=O)N3CCCC[C@H]3C(=O)O[C@H](/C(C)=C/C3CC[C@@H](OCC(=O)Nc4ccncc4)[C@H](OC)C3)[C@H](C)[C@@H](O)CC1=O)[C@H](C)C[C@@H]2OC. The third-order valence-corrected chi connectivity index (χ3v) is 14.3. The lowest BCUT2D eigenvalue weighted by molar-refractivity contribution is -0.302. The van der Waals surface area contributed by atoms with Crippen molar-refractivity contribution < 1.29 is 62.6 Å². The Morgan fingerprint density at radius 3 is 2.29 bits per heavy atom. The predicted octanol–water partition coefficient (Wildman–Crippen LogP) is 5.53. The number of nitrogens with zero attached hydrogens (tertiary/aromatic N) is 2. The Labute approximate surface area is 390 Å². The van der Waals surface area contributed by atoms with Gasteiger partial charge in [-0.05, 0) is 108 Å². The Hall–Kier alpha value is -3.90. The van der Waals surface area contributed by atoms with Crippen molar-refractivity contribution in [1.82, 2.24) is 9.88 Å². The third kappa shape index (κ3) is 13.2. The second-order valence-electron chi connectivity index (χ2n) is 19.2. The van der Waals surface area contributed by atoms with Crippen LogP contribution in [0.5, 0.6) is 0 Å². The average Bonchev–Trinajstić information content (AvgIpc) is 3.30. The summed E-state index contributed by atoms with van der Waals surface area (Å²) in [6.07, 6.45) is 6.85. The molecule has 3 aliphatic heterocycles. The molecule has 1 aliphatic carbocycles. The second-order valence-corrected chi connectivity index (χ2v) is 19.2. The molecule has 3 fully saturated rings. The van der Waals surface area contributed by atoms with Gasteiger partial charge in [0.1, 0.15) is 30.6 Å². The molecule has 66 heavy (non-hydrogen) atoms. The van der Waals surface area contributed by atoms with E-state index < -0.39 is 77.8 Å².